The molecule has 0 aromatic heterocycles. The molecule has 0 spiro atoms. The predicted octanol–water partition coefficient (Wildman–Crippen LogP) is 4.78. The van der Waals surface area contributed by atoms with Crippen LogP contribution in [0, 0.1) is 0 Å². The van der Waals surface area contributed by atoms with Gasteiger partial charge in [0, 0.05) is 16.9 Å². The predicted molar refractivity (Wildman–Crippen MR) is 128 cm³/mol. The molecule has 168 valence electrons. The van der Waals surface area contributed by atoms with E-state index in [0.717, 1.165) is 16.9 Å². The second-order valence-electron chi connectivity index (χ2n) is 7.45. The van der Waals surface area contributed by atoms with E-state index in [1.807, 2.05) is 51.1 Å². The average molecular weight is 444 g/mol. The Morgan fingerprint density at radius 2 is 2.03 bits per heavy atom. The van der Waals surface area contributed by atoms with Gasteiger partial charge in [-0.05, 0) is 56.5 Å². The molecule has 1 heterocycles. The van der Waals surface area contributed by atoms with Crippen molar-refractivity contribution in [2.24, 2.45) is 0 Å². The molecule has 1 aromatic carbocycles. The lowest BCUT2D eigenvalue weighted by Gasteiger charge is -2.32. The number of esters is 1. The summed E-state index contributed by atoms with van der Waals surface area (Å²) < 4.78 is 10.7. The highest BCUT2D eigenvalue weighted by atomic mass is 32.1. The van der Waals surface area contributed by atoms with Crippen molar-refractivity contribution in [2.75, 3.05) is 19.8 Å². The number of thiol groups is 1. The van der Waals surface area contributed by atoms with Crippen molar-refractivity contribution in [1.82, 2.24) is 4.90 Å². The lowest BCUT2D eigenvalue weighted by atomic mass is 9.97. The first kappa shape index (κ1) is 24.8. The van der Waals surface area contributed by atoms with E-state index in [1.165, 1.54) is 0 Å². The number of carbonyl (C=O) groups excluding carboxylic acids is 2. The van der Waals surface area contributed by atoms with Crippen LogP contribution in [0.5, 0.6) is 5.75 Å². The van der Waals surface area contributed by atoms with E-state index in [0.29, 0.717) is 31.7 Å². The molecule has 5 nitrogen and oxygen atoms in total. The van der Waals surface area contributed by atoms with Crippen LogP contribution in [0.2, 0.25) is 0 Å². The van der Waals surface area contributed by atoms with Gasteiger partial charge in [0.2, 0.25) is 0 Å². The average Bonchev–Trinajstić information content (AvgIpc) is 2.93. The molecule has 0 saturated carbocycles. The summed E-state index contributed by atoms with van der Waals surface area (Å²) in [4.78, 5) is 26.4. The monoisotopic (exact) mass is 443 g/mol. The van der Waals surface area contributed by atoms with Crippen LogP contribution in [-0.2, 0) is 16.0 Å². The topological polar surface area (TPSA) is 55.8 Å². The van der Waals surface area contributed by atoms with Gasteiger partial charge in [0.1, 0.15) is 18.4 Å². The maximum absolute atomic E-state index is 12.8. The zero-order valence-electron chi connectivity index (χ0n) is 19.1. The fourth-order valence-corrected chi connectivity index (χ4v) is 3.74. The molecule has 1 aliphatic heterocycles. The van der Waals surface area contributed by atoms with Gasteiger partial charge in [-0.25, -0.2) is 4.79 Å². The largest absolute Gasteiger partial charge is 0.489 e. The molecule has 2 atom stereocenters. The second kappa shape index (κ2) is 11.2. The summed E-state index contributed by atoms with van der Waals surface area (Å²) in [6.45, 7) is 10.7. The third-order valence-corrected chi connectivity index (χ3v) is 5.30. The molecule has 1 aromatic rings. The summed E-state index contributed by atoms with van der Waals surface area (Å²) in [6, 6.07) is 4.90. The fraction of sp³-hybridized carbons (Fsp3) is 0.440. The highest BCUT2D eigenvalue weighted by Gasteiger charge is 2.32. The fourth-order valence-electron chi connectivity index (χ4n) is 3.49. The van der Waals surface area contributed by atoms with Gasteiger partial charge >= 0.3 is 5.97 Å². The zero-order chi connectivity index (χ0) is 23.0. The number of allylic oxidation sites excluding steroid dienone is 2. The molecule has 31 heavy (non-hydrogen) atoms. The highest BCUT2D eigenvalue weighted by Crippen LogP contribution is 2.27. The number of rotatable bonds is 6. The molecule has 0 bridgehead atoms. The first-order chi connectivity index (χ1) is 14.8. The Kier molecular flexibility index (Phi) is 8.99. The Labute approximate surface area is 191 Å². The van der Waals surface area contributed by atoms with Crippen molar-refractivity contribution in [3.8, 4) is 5.75 Å². The van der Waals surface area contributed by atoms with E-state index >= 15 is 0 Å². The van der Waals surface area contributed by atoms with Crippen LogP contribution >= 0.6 is 12.6 Å². The number of benzene rings is 1. The number of fused-ring (bicyclic) bond motifs is 1. The second-order valence-corrected chi connectivity index (χ2v) is 8.41. The Morgan fingerprint density at radius 3 is 2.74 bits per heavy atom. The van der Waals surface area contributed by atoms with Crippen LogP contribution in [0.3, 0.4) is 0 Å². The van der Waals surface area contributed by atoms with E-state index < -0.39 is 6.04 Å². The summed E-state index contributed by atoms with van der Waals surface area (Å²) in [6.07, 6.45) is 10.7. The lowest BCUT2D eigenvalue weighted by Crippen LogP contribution is -2.47. The van der Waals surface area contributed by atoms with Gasteiger partial charge in [0.05, 0.1) is 6.61 Å². The molecule has 0 radical (unpaired) electrons. The van der Waals surface area contributed by atoms with Crippen molar-refractivity contribution < 1.29 is 19.1 Å². The smallest absolute Gasteiger partial charge is 0.328 e. The van der Waals surface area contributed by atoms with Crippen molar-refractivity contribution in [2.45, 2.75) is 51.8 Å². The zero-order valence-corrected chi connectivity index (χ0v) is 19.9. The SMILES string of the molecule is CC.CCOC(=O)C(C)N1CCc2cc(OCC3=CC(C)(S)C=CC=C3)ccc2C1=O. The Morgan fingerprint density at radius 1 is 1.29 bits per heavy atom. The van der Waals surface area contributed by atoms with Gasteiger partial charge in [-0.3, -0.25) is 4.79 Å². The van der Waals surface area contributed by atoms with Gasteiger partial charge in [-0.15, -0.1) is 0 Å². The quantitative estimate of drug-likeness (QED) is 0.508. The van der Waals surface area contributed by atoms with E-state index in [-0.39, 0.29) is 16.6 Å². The van der Waals surface area contributed by atoms with Gasteiger partial charge in [-0.1, -0.05) is 44.2 Å². The first-order valence-electron chi connectivity index (χ1n) is 10.8. The number of hydrogen-bond donors (Lipinski definition) is 1. The molecule has 0 fully saturated rings. The molecule has 0 N–H and O–H groups in total. The van der Waals surface area contributed by atoms with Crippen LogP contribution in [0.4, 0.5) is 0 Å². The number of carbonyl (C=O) groups is 2. The first-order valence-corrected chi connectivity index (χ1v) is 11.3. The maximum atomic E-state index is 12.8. The van der Waals surface area contributed by atoms with Crippen LogP contribution < -0.4 is 4.74 Å². The Balaban J connectivity index is 0.00000166. The number of amides is 1. The molecule has 3 rings (SSSR count). The summed E-state index contributed by atoms with van der Waals surface area (Å²) in [5.74, 6) is 0.195. The molecule has 2 aliphatic rings. The van der Waals surface area contributed by atoms with E-state index in [9.17, 15) is 9.59 Å². The normalized spacial score (nSPS) is 20.6. The van der Waals surface area contributed by atoms with Crippen LogP contribution in [0.1, 0.15) is 50.5 Å². The van der Waals surface area contributed by atoms with E-state index in [2.05, 4.69) is 18.7 Å². The minimum atomic E-state index is -0.593. The maximum Gasteiger partial charge on any atom is 0.328 e. The van der Waals surface area contributed by atoms with Crippen LogP contribution in [0.25, 0.3) is 0 Å². The Bertz CT molecular complexity index is 886. The van der Waals surface area contributed by atoms with Gasteiger partial charge in [0.15, 0.2) is 0 Å². The molecular formula is C25H33NO4S. The summed E-state index contributed by atoms with van der Waals surface area (Å²) in [7, 11) is 0. The van der Waals surface area contributed by atoms with Crippen molar-refractivity contribution in [3.05, 3.63) is 65.3 Å². The summed E-state index contributed by atoms with van der Waals surface area (Å²) in [5, 5.41) is 0. The minimum Gasteiger partial charge on any atom is -0.489 e. The van der Waals surface area contributed by atoms with Gasteiger partial charge in [-0.2, -0.15) is 12.6 Å². The summed E-state index contributed by atoms with van der Waals surface area (Å²) >= 11 is 4.62. The molecular weight excluding hydrogens is 410 g/mol. The third kappa shape index (κ3) is 6.50. The van der Waals surface area contributed by atoms with Gasteiger partial charge in [0.25, 0.3) is 5.91 Å². The van der Waals surface area contributed by atoms with Crippen LogP contribution in [-0.4, -0.2) is 47.3 Å². The third-order valence-electron chi connectivity index (χ3n) is 5.02. The molecule has 1 amide bonds. The molecule has 6 heteroatoms. The van der Waals surface area contributed by atoms with Crippen molar-refractivity contribution in [1.29, 1.82) is 0 Å². The Hall–Kier alpha value is -2.47. The summed E-state index contributed by atoms with van der Waals surface area (Å²) in [5.41, 5.74) is 2.59. The van der Waals surface area contributed by atoms with Crippen molar-refractivity contribution >= 4 is 24.5 Å². The van der Waals surface area contributed by atoms with E-state index in [4.69, 9.17) is 9.47 Å². The standard InChI is InChI=1S/C23H27NO4S.C2H6/c1-4-27-22(26)16(2)24-12-10-18-13-19(8-9-20(18)21(24)25)28-15-17-7-5-6-11-23(3,29)14-17;1-2/h5-9,11,13-14,16,29H,4,10,12,15H2,1-3H3;1-2H3. The number of hydrogen-bond acceptors (Lipinski definition) is 5. The molecule has 0 saturated heterocycles. The van der Waals surface area contributed by atoms with Crippen LogP contribution in [0.15, 0.2) is 54.2 Å². The van der Waals surface area contributed by atoms with E-state index in [1.54, 1.807) is 30.9 Å². The number of ether oxygens (including phenoxy) is 2. The highest BCUT2D eigenvalue weighted by molar-refractivity contribution is 7.82. The number of nitrogens with zero attached hydrogens (tertiary/aromatic N) is 1. The van der Waals surface area contributed by atoms with Crippen molar-refractivity contribution in [3.63, 3.8) is 0 Å². The molecule has 1 aliphatic carbocycles. The lowest BCUT2D eigenvalue weighted by molar-refractivity contribution is -0.148. The van der Waals surface area contributed by atoms with Gasteiger partial charge < -0.3 is 14.4 Å². The molecule has 2 unspecified atom stereocenters. The minimum absolute atomic E-state index is 0.148.